The molecule has 0 amide bonds. The van der Waals surface area contributed by atoms with Gasteiger partial charge in [0.25, 0.3) is 11.1 Å². The summed E-state index contributed by atoms with van der Waals surface area (Å²) in [5.74, 6) is -1.90. The van der Waals surface area contributed by atoms with Crippen LogP contribution in [-0.2, 0) is 9.53 Å². The molecule has 0 N–H and O–H groups in total. The van der Waals surface area contributed by atoms with Crippen molar-refractivity contribution >= 4 is 27.5 Å². The molecule has 2 atom stereocenters. The largest absolute Gasteiger partial charge is 0.477 e. The number of Topliss-reactive ketones (excluding diaryl/α,β-unsaturated/α-hetero) is 1. The average molecular weight is 441 g/mol. The lowest BCUT2D eigenvalue weighted by molar-refractivity contribution is -0.119. The minimum Gasteiger partial charge on any atom is -0.477 e. The molecule has 2 aliphatic rings. The Bertz CT molecular complexity index is 900. The molecule has 0 bridgehead atoms. The minimum atomic E-state index is -2.59. The number of fused-ring (bicyclic) bond motifs is 1. The molecule has 30 heavy (non-hydrogen) atoms. The third kappa shape index (κ3) is 5.43. The van der Waals surface area contributed by atoms with Gasteiger partial charge in [0.1, 0.15) is 11.3 Å². The van der Waals surface area contributed by atoms with Crippen LogP contribution in [0, 0.1) is 17.8 Å². The maximum absolute atomic E-state index is 12.9. The van der Waals surface area contributed by atoms with E-state index in [-0.39, 0.29) is 30.8 Å². The van der Waals surface area contributed by atoms with E-state index in [1.165, 1.54) is 11.3 Å². The Morgan fingerprint density at radius 3 is 2.73 bits per heavy atom. The number of aromatic nitrogens is 2. The van der Waals surface area contributed by atoms with Gasteiger partial charge in [0.15, 0.2) is 4.83 Å². The average Bonchev–Trinajstić information content (AvgIpc) is 3.06. The number of nitrogens with zero attached hydrogens (tertiary/aromatic N) is 2. The van der Waals surface area contributed by atoms with Crippen LogP contribution in [0.15, 0.2) is 12.1 Å². The highest BCUT2D eigenvalue weighted by atomic mass is 32.1. The van der Waals surface area contributed by atoms with Crippen LogP contribution < -0.4 is 9.47 Å². The van der Waals surface area contributed by atoms with Gasteiger partial charge in [-0.05, 0) is 37.7 Å². The summed E-state index contributed by atoms with van der Waals surface area (Å²) in [6.07, 6.45) is 2.57. The van der Waals surface area contributed by atoms with Crippen LogP contribution in [0.3, 0.4) is 0 Å². The van der Waals surface area contributed by atoms with Gasteiger partial charge in [0.05, 0.1) is 25.2 Å². The summed E-state index contributed by atoms with van der Waals surface area (Å²) in [6, 6.07) is 3.56. The van der Waals surface area contributed by atoms with Crippen molar-refractivity contribution in [2.75, 3.05) is 19.8 Å². The number of pyridine rings is 1. The van der Waals surface area contributed by atoms with E-state index >= 15 is 0 Å². The lowest BCUT2D eigenvalue weighted by Gasteiger charge is -2.35. The molecule has 2 aromatic heterocycles. The third-order valence-electron chi connectivity index (χ3n) is 5.49. The van der Waals surface area contributed by atoms with Gasteiger partial charge in [-0.2, -0.15) is 0 Å². The molecule has 0 saturated heterocycles. The molecule has 2 fully saturated rings. The zero-order valence-electron chi connectivity index (χ0n) is 17.1. The number of alkyl halides is 2. The van der Waals surface area contributed by atoms with Gasteiger partial charge in [-0.1, -0.05) is 18.3 Å². The van der Waals surface area contributed by atoms with Crippen molar-refractivity contribution in [1.29, 1.82) is 0 Å². The Labute approximate surface area is 177 Å². The number of carbonyl (C=O) groups is 1. The first-order valence-electron chi connectivity index (χ1n) is 10.3. The van der Waals surface area contributed by atoms with Crippen molar-refractivity contribution in [2.45, 2.75) is 51.6 Å². The van der Waals surface area contributed by atoms with E-state index in [0.717, 1.165) is 12.8 Å². The number of ketones is 1. The first-order chi connectivity index (χ1) is 14.3. The molecular weight excluding hydrogens is 414 g/mol. The van der Waals surface area contributed by atoms with E-state index in [1.807, 2.05) is 6.92 Å². The van der Waals surface area contributed by atoms with E-state index in [1.54, 1.807) is 19.1 Å². The van der Waals surface area contributed by atoms with Gasteiger partial charge in [-0.15, -0.1) is 0 Å². The summed E-state index contributed by atoms with van der Waals surface area (Å²) in [7, 11) is 0. The fourth-order valence-corrected chi connectivity index (χ4v) is 4.33. The molecule has 0 aliphatic heterocycles. The Morgan fingerprint density at radius 2 is 2.03 bits per heavy atom. The highest BCUT2D eigenvalue weighted by molar-refractivity contribution is 7.19. The molecular formula is C21H26F2N2O4S. The SMILES string of the molecule is CC(=O)C[C@@H](C)COC1CC(COc2ccc3nc(OCC4CC4(F)F)sc3n2)C1. The van der Waals surface area contributed by atoms with Crippen LogP contribution >= 0.6 is 11.3 Å². The lowest BCUT2D eigenvalue weighted by Crippen LogP contribution is -2.36. The fraction of sp³-hybridized carbons (Fsp3) is 0.667. The van der Waals surface area contributed by atoms with Crippen LogP contribution in [0.2, 0.25) is 0 Å². The second-order valence-electron chi connectivity index (χ2n) is 8.54. The van der Waals surface area contributed by atoms with E-state index in [4.69, 9.17) is 14.2 Å². The predicted molar refractivity (Wildman–Crippen MR) is 108 cm³/mol. The molecule has 164 valence electrons. The lowest BCUT2D eigenvalue weighted by atomic mass is 9.83. The van der Waals surface area contributed by atoms with Crippen LogP contribution in [0.4, 0.5) is 8.78 Å². The third-order valence-corrected chi connectivity index (χ3v) is 6.36. The molecule has 9 heteroatoms. The summed E-state index contributed by atoms with van der Waals surface area (Å²) in [5, 5.41) is 0.357. The van der Waals surface area contributed by atoms with Crippen molar-refractivity contribution in [3.63, 3.8) is 0 Å². The van der Waals surface area contributed by atoms with Crippen molar-refractivity contribution in [3.05, 3.63) is 12.1 Å². The summed E-state index contributed by atoms with van der Waals surface area (Å²) in [5.41, 5.74) is 0.668. The molecule has 2 saturated carbocycles. The number of ether oxygens (including phenoxy) is 3. The Morgan fingerprint density at radius 1 is 1.27 bits per heavy atom. The first-order valence-corrected chi connectivity index (χ1v) is 11.1. The number of rotatable bonds is 11. The first kappa shape index (κ1) is 21.4. The van der Waals surface area contributed by atoms with Crippen LogP contribution in [0.5, 0.6) is 11.1 Å². The van der Waals surface area contributed by atoms with Gasteiger partial charge in [-0.25, -0.2) is 18.7 Å². The maximum atomic E-state index is 12.9. The highest BCUT2D eigenvalue weighted by Crippen LogP contribution is 2.48. The maximum Gasteiger partial charge on any atom is 0.275 e. The molecule has 2 heterocycles. The van der Waals surface area contributed by atoms with Crippen molar-refractivity contribution in [1.82, 2.24) is 9.97 Å². The van der Waals surface area contributed by atoms with Gasteiger partial charge >= 0.3 is 0 Å². The second-order valence-corrected chi connectivity index (χ2v) is 9.48. The predicted octanol–water partition coefficient (Wildman–Crippen LogP) is 4.51. The molecule has 4 rings (SSSR count). The molecule has 2 aromatic rings. The van der Waals surface area contributed by atoms with E-state index < -0.39 is 11.8 Å². The smallest absolute Gasteiger partial charge is 0.275 e. The van der Waals surface area contributed by atoms with Crippen LogP contribution in [0.25, 0.3) is 10.3 Å². The molecule has 0 radical (unpaired) electrons. The van der Waals surface area contributed by atoms with Crippen molar-refractivity contribution < 1.29 is 27.8 Å². The Balaban J connectivity index is 1.18. The summed E-state index contributed by atoms with van der Waals surface area (Å²) in [4.78, 5) is 20.5. The summed E-state index contributed by atoms with van der Waals surface area (Å²) >= 11 is 1.24. The molecule has 1 unspecified atom stereocenters. The molecule has 2 aliphatic carbocycles. The quantitative estimate of drug-likeness (QED) is 0.512. The highest BCUT2D eigenvalue weighted by Gasteiger charge is 2.57. The Kier molecular flexibility index (Phi) is 6.20. The minimum absolute atomic E-state index is 0.0192. The van der Waals surface area contributed by atoms with Crippen LogP contribution in [-0.4, -0.2) is 47.6 Å². The fourth-order valence-electron chi connectivity index (χ4n) is 3.54. The van der Waals surface area contributed by atoms with E-state index in [9.17, 15) is 13.6 Å². The zero-order chi connectivity index (χ0) is 21.3. The van der Waals surface area contributed by atoms with Gasteiger partial charge in [-0.3, -0.25) is 0 Å². The summed E-state index contributed by atoms with van der Waals surface area (Å²) < 4.78 is 43.0. The van der Waals surface area contributed by atoms with Gasteiger partial charge in [0, 0.05) is 25.5 Å². The molecule has 6 nitrogen and oxygen atoms in total. The monoisotopic (exact) mass is 440 g/mol. The van der Waals surface area contributed by atoms with E-state index in [2.05, 4.69) is 9.97 Å². The van der Waals surface area contributed by atoms with Crippen LogP contribution in [0.1, 0.15) is 39.5 Å². The number of halogens is 2. The number of carbonyl (C=O) groups excluding carboxylic acids is 1. The molecule has 0 spiro atoms. The zero-order valence-corrected chi connectivity index (χ0v) is 17.9. The van der Waals surface area contributed by atoms with Crippen molar-refractivity contribution in [2.24, 2.45) is 17.8 Å². The second kappa shape index (κ2) is 8.70. The van der Waals surface area contributed by atoms with Gasteiger partial charge in [0.2, 0.25) is 5.88 Å². The van der Waals surface area contributed by atoms with Gasteiger partial charge < -0.3 is 19.0 Å². The Hall–Kier alpha value is -1.87. The summed E-state index contributed by atoms with van der Waals surface area (Å²) in [6.45, 7) is 4.80. The van der Waals surface area contributed by atoms with E-state index in [0.29, 0.717) is 47.0 Å². The number of hydrogen-bond donors (Lipinski definition) is 0. The van der Waals surface area contributed by atoms with Crippen molar-refractivity contribution in [3.8, 4) is 11.1 Å². The standard InChI is InChI=1S/C21H26F2N2O4S/c1-12(5-13(2)26)9-27-16-6-14(7-16)10-28-18-4-3-17-19(25-18)30-20(24-17)29-11-15-8-21(15,22)23/h3-4,12,14-16H,5-11H2,1-2H3/t12-,14?,15?,16?/m1/s1. The number of hydrogen-bond acceptors (Lipinski definition) is 7. The number of thiazole rings is 1. The molecule has 0 aromatic carbocycles. The topological polar surface area (TPSA) is 70.5 Å². The normalized spacial score (nSPS) is 25.5.